The predicted molar refractivity (Wildman–Crippen MR) is 115 cm³/mol. The molecule has 1 heterocycles. The number of hydrogen-bond acceptors (Lipinski definition) is 4. The zero-order valence-electron chi connectivity index (χ0n) is 16.8. The summed E-state index contributed by atoms with van der Waals surface area (Å²) in [5.74, 6) is -0.0774. The standard InChI is InChI=1S/C23H28N2O3S/c1-17-11-13-20(14-12-17)29(27,28)24-21-16-25(19-8-3-2-4-9-19)22-10-6-5-7-18(22)15-23(21)26/h5-7,10-14,19,21,24H,2-4,8-9,15-16H2,1H3/t21-/m1/s1. The molecule has 0 amide bonds. The lowest BCUT2D eigenvalue weighted by Crippen LogP contribution is -2.50. The Labute approximate surface area is 173 Å². The van der Waals surface area contributed by atoms with E-state index < -0.39 is 16.1 Å². The minimum Gasteiger partial charge on any atom is -0.366 e. The molecule has 2 aromatic rings. The van der Waals surface area contributed by atoms with Crippen LogP contribution in [0.25, 0.3) is 0 Å². The summed E-state index contributed by atoms with van der Waals surface area (Å²) in [5.41, 5.74) is 3.05. The van der Waals surface area contributed by atoms with Gasteiger partial charge in [-0.2, -0.15) is 4.72 Å². The third-order valence-electron chi connectivity index (χ3n) is 6.08. The van der Waals surface area contributed by atoms with Crippen molar-refractivity contribution in [2.24, 2.45) is 0 Å². The van der Waals surface area contributed by atoms with Crippen LogP contribution in [0.1, 0.15) is 43.2 Å². The number of Topliss-reactive ketones (excluding diaryl/α,β-unsaturated/α-hetero) is 1. The van der Waals surface area contributed by atoms with Gasteiger partial charge < -0.3 is 4.90 Å². The van der Waals surface area contributed by atoms with Crippen molar-refractivity contribution in [2.45, 2.75) is 62.4 Å². The molecule has 0 bridgehead atoms. The number of anilines is 1. The van der Waals surface area contributed by atoms with Gasteiger partial charge in [0.1, 0.15) is 0 Å². The first-order valence-corrected chi connectivity index (χ1v) is 11.9. The normalized spacial score (nSPS) is 20.9. The number of sulfonamides is 1. The van der Waals surface area contributed by atoms with E-state index in [1.54, 1.807) is 24.3 Å². The van der Waals surface area contributed by atoms with Gasteiger partial charge in [0, 0.05) is 24.7 Å². The highest BCUT2D eigenvalue weighted by molar-refractivity contribution is 7.89. The molecule has 0 unspecified atom stereocenters. The summed E-state index contributed by atoms with van der Waals surface area (Å²) in [6.45, 7) is 2.30. The predicted octanol–water partition coefficient (Wildman–Crippen LogP) is 3.61. The summed E-state index contributed by atoms with van der Waals surface area (Å²) >= 11 is 0. The van der Waals surface area contributed by atoms with Crippen molar-refractivity contribution in [2.75, 3.05) is 11.4 Å². The number of carbonyl (C=O) groups is 1. The summed E-state index contributed by atoms with van der Waals surface area (Å²) in [6.07, 6.45) is 6.02. The molecule has 1 aliphatic heterocycles. The van der Waals surface area contributed by atoms with Crippen molar-refractivity contribution >= 4 is 21.5 Å². The summed E-state index contributed by atoms with van der Waals surface area (Å²) in [6, 6.07) is 14.3. The van der Waals surface area contributed by atoms with Gasteiger partial charge in [0.2, 0.25) is 10.0 Å². The monoisotopic (exact) mass is 412 g/mol. The number of para-hydroxylation sites is 1. The zero-order chi connectivity index (χ0) is 20.4. The van der Waals surface area contributed by atoms with Crippen molar-refractivity contribution in [3.8, 4) is 0 Å². The molecule has 0 aromatic heterocycles. The first-order chi connectivity index (χ1) is 13.9. The number of hydrogen-bond donors (Lipinski definition) is 1. The molecule has 0 radical (unpaired) electrons. The highest BCUT2D eigenvalue weighted by Gasteiger charge is 2.34. The molecule has 5 nitrogen and oxygen atoms in total. The van der Waals surface area contributed by atoms with E-state index in [0.717, 1.165) is 29.7 Å². The lowest BCUT2D eigenvalue weighted by Gasteiger charge is -2.37. The number of nitrogens with one attached hydrogen (secondary N) is 1. The van der Waals surface area contributed by atoms with Crippen molar-refractivity contribution in [3.05, 3.63) is 59.7 Å². The number of fused-ring (bicyclic) bond motifs is 1. The number of benzene rings is 2. The molecule has 154 valence electrons. The number of ketones is 1. The van der Waals surface area contributed by atoms with Crippen LogP contribution in [0.2, 0.25) is 0 Å². The fourth-order valence-electron chi connectivity index (χ4n) is 4.46. The maximum Gasteiger partial charge on any atom is 0.241 e. The Morgan fingerprint density at radius 1 is 0.966 bits per heavy atom. The number of carbonyl (C=O) groups excluding carboxylic acids is 1. The Kier molecular flexibility index (Phi) is 5.74. The Hall–Kier alpha value is -2.18. The van der Waals surface area contributed by atoms with E-state index in [1.165, 1.54) is 19.3 Å². The van der Waals surface area contributed by atoms with Gasteiger partial charge in [-0.25, -0.2) is 8.42 Å². The van der Waals surface area contributed by atoms with Gasteiger partial charge in [-0.05, 0) is 43.5 Å². The number of nitrogens with zero attached hydrogens (tertiary/aromatic N) is 1. The fraction of sp³-hybridized carbons (Fsp3) is 0.435. The van der Waals surface area contributed by atoms with Crippen LogP contribution < -0.4 is 9.62 Å². The molecule has 6 heteroatoms. The van der Waals surface area contributed by atoms with Crippen LogP contribution in [0.5, 0.6) is 0 Å². The minimum atomic E-state index is -3.76. The maximum atomic E-state index is 13.0. The van der Waals surface area contributed by atoms with E-state index >= 15 is 0 Å². The summed E-state index contributed by atoms with van der Waals surface area (Å²) < 4.78 is 28.6. The van der Waals surface area contributed by atoms with Crippen LogP contribution in [0.3, 0.4) is 0 Å². The molecule has 1 fully saturated rings. The lowest BCUT2D eigenvalue weighted by atomic mass is 9.93. The largest absolute Gasteiger partial charge is 0.366 e. The lowest BCUT2D eigenvalue weighted by molar-refractivity contribution is -0.119. The van der Waals surface area contributed by atoms with Gasteiger partial charge in [0.15, 0.2) is 5.78 Å². The second-order valence-corrected chi connectivity index (χ2v) is 9.92. The van der Waals surface area contributed by atoms with E-state index in [1.807, 2.05) is 25.1 Å². The van der Waals surface area contributed by atoms with Crippen molar-refractivity contribution in [1.29, 1.82) is 0 Å². The molecular formula is C23H28N2O3S. The molecule has 2 aromatic carbocycles. The molecule has 1 aliphatic carbocycles. The summed E-state index contributed by atoms with van der Waals surface area (Å²) in [5, 5.41) is 0. The van der Waals surface area contributed by atoms with Gasteiger partial charge >= 0.3 is 0 Å². The highest BCUT2D eigenvalue weighted by Crippen LogP contribution is 2.32. The summed E-state index contributed by atoms with van der Waals surface area (Å²) in [4.78, 5) is 15.5. The van der Waals surface area contributed by atoms with Gasteiger partial charge in [0.05, 0.1) is 10.9 Å². The maximum absolute atomic E-state index is 13.0. The van der Waals surface area contributed by atoms with Crippen LogP contribution in [0.4, 0.5) is 5.69 Å². The molecule has 2 aliphatic rings. The first kappa shape index (κ1) is 20.1. The molecule has 4 rings (SSSR count). The van der Waals surface area contributed by atoms with Crippen molar-refractivity contribution in [3.63, 3.8) is 0 Å². The number of aryl methyl sites for hydroxylation is 1. The molecule has 0 saturated heterocycles. The van der Waals surface area contributed by atoms with Crippen molar-refractivity contribution in [1.82, 2.24) is 4.72 Å². The van der Waals surface area contributed by atoms with E-state index in [-0.39, 0.29) is 17.1 Å². The number of rotatable bonds is 4. The second-order valence-electron chi connectivity index (χ2n) is 8.20. The summed E-state index contributed by atoms with van der Waals surface area (Å²) in [7, 11) is -3.76. The van der Waals surface area contributed by atoms with E-state index in [4.69, 9.17) is 0 Å². The zero-order valence-corrected chi connectivity index (χ0v) is 17.6. The molecule has 0 spiro atoms. The van der Waals surface area contributed by atoms with Crippen LogP contribution in [0.15, 0.2) is 53.4 Å². The first-order valence-electron chi connectivity index (χ1n) is 10.4. The average molecular weight is 413 g/mol. The van der Waals surface area contributed by atoms with Crippen LogP contribution in [0, 0.1) is 6.92 Å². The van der Waals surface area contributed by atoms with Crippen LogP contribution in [-0.2, 0) is 21.2 Å². The third kappa shape index (κ3) is 4.38. The average Bonchev–Trinajstić information content (AvgIpc) is 2.85. The van der Waals surface area contributed by atoms with Crippen LogP contribution in [-0.4, -0.2) is 32.8 Å². The second kappa shape index (κ2) is 8.28. The van der Waals surface area contributed by atoms with Crippen molar-refractivity contribution < 1.29 is 13.2 Å². The van der Waals surface area contributed by atoms with Crippen LogP contribution >= 0.6 is 0 Å². The fourth-order valence-corrected chi connectivity index (χ4v) is 5.67. The SMILES string of the molecule is Cc1ccc(S(=O)(=O)N[C@@H]2CN(C3CCCCC3)c3ccccc3CC2=O)cc1. The van der Waals surface area contributed by atoms with Gasteiger partial charge in [-0.3, -0.25) is 4.79 Å². The Morgan fingerprint density at radius 2 is 1.66 bits per heavy atom. The van der Waals surface area contributed by atoms with E-state index in [9.17, 15) is 13.2 Å². The molecule has 1 atom stereocenters. The molecule has 1 N–H and O–H groups in total. The minimum absolute atomic E-state index is 0.0774. The molecular weight excluding hydrogens is 384 g/mol. The molecule has 1 saturated carbocycles. The van der Waals surface area contributed by atoms with E-state index in [2.05, 4.69) is 15.7 Å². The van der Waals surface area contributed by atoms with Gasteiger partial charge in [-0.15, -0.1) is 0 Å². The Bertz CT molecular complexity index is 979. The van der Waals surface area contributed by atoms with Gasteiger partial charge in [-0.1, -0.05) is 55.2 Å². The third-order valence-corrected chi connectivity index (χ3v) is 7.57. The highest BCUT2D eigenvalue weighted by atomic mass is 32.2. The van der Waals surface area contributed by atoms with Gasteiger partial charge in [0.25, 0.3) is 0 Å². The molecule has 29 heavy (non-hydrogen) atoms. The van der Waals surface area contributed by atoms with E-state index in [0.29, 0.717) is 12.6 Å². The topological polar surface area (TPSA) is 66.5 Å². The smallest absolute Gasteiger partial charge is 0.241 e. The Morgan fingerprint density at radius 3 is 2.38 bits per heavy atom. The Balaban J connectivity index is 1.64. The quantitative estimate of drug-likeness (QED) is 0.833.